The summed E-state index contributed by atoms with van der Waals surface area (Å²) in [6.07, 6.45) is 1.52. The van der Waals surface area contributed by atoms with Crippen LogP contribution < -0.4 is 15.4 Å². The first-order chi connectivity index (χ1) is 11.7. The number of hydrogen-bond acceptors (Lipinski definition) is 3. The van der Waals surface area contributed by atoms with Crippen LogP contribution in [-0.4, -0.2) is 49.6 Å². The summed E-state index contributed by atoms with van der Waals surface area (Å²) in [7, 11) is 1.76. The predicted octanol–water partition coefficient (Wildman–Crippen LogP) is 2.38. The van der Waals surface area contributed by atoms with E-state index in [4.69, 9.17) is 4.74 Å². The summed E-state index contributed by atoms with van der Waals surface area (Å²) in [5, 5.41) is 6.72. The third-order valence-electron chi connectivity index (χ3n) is 4.08. The number of amides is 1. The summed E-state index contributed by atoms with van der Waals surface area (Å²) in [6, 6.07) is 8.28. The van der Waals surface area contributed by atoms with Gasteiger partial charge in [-0.25, -0.2) is 0 Å². The second kappa shape index (κ2) is 11.2. The van der Waals surface area contributed by atoms with Gasteiger partial charge in [-0.05, 0) is 31.0 Å². The number of guanidine groups is 1. The van der Waals surface area contributed by atoms with Gasteiger partial charge < -0.3 is 20.3 Å². The molecule has 0 aromatic heterocycles. The topological polar surface area (TPSA) is 66.0 Å². The van der Waals surface area contributed by atoms with Crippen molar-refractivity contribution in [3.05, 3.63) is 29.8 Å². The highest BCUT2D eigenvalue weighted by Gasteiger charge is 2.25. The Balaban J connectivity index is 0.00000312. The average Bonchev–Trinajstić information content (AvgIpc) is 3.07. The first kappa shape index (κ1) is 21.5. The minimum atomic E-state index is 0. The van der Waals surface area contributed by atoms with Crippen molar-refractivity contribution in [2.24, 2.45) is 4.99 Å². The SMILES string of the molecule is CCOc1cccc(CNC(=NC)NC2CCN(C(=O)CC)C2)c1.I. The number of carbonyl (C=O) groups excluding carboxylic acids is 1. The van der Waals surface area contributed by atoms with Gasteiger partial charge in [-0.3, -0.25) is 9.79 Å². The lowest BCUT2D eigenvalue weighted by Crippen LogP contribution is -2.44. The van der Waals surface area contributed by atoms with E-state index in [1.54, 1.807) is 7.05 Å². The van der Waals surface area contributed by atoms with Crippen LogP contribution in [0, 0.1) is 0 Å². The monoisotopic (exact) mass is 460 g/mol. The molecular formula is C18H29IN4O2. The predicted molar refractivity (Wildman–Crippen MR) is 112 cm³/mol. The molecule has 1 aliphatic heterocycles. The Morgan fingerprint density at radius 1 is 1.40 bits per heavy atom. The smallest absolute Gasteiger partial charge is 0.222 e. The van der Waals surface area contributed by atoms with Crippen molar-refractivity contribution in [3.63, 3.8) is 0 Å². The number of halogens is 1. The third-order valence-corrected chi connectivity index (χ3v) is 4.08. The number of benzene rings is 1. The van der Waals surface area contributed by atoms with Gasteiger partial charge in [-0.15, -0.1) is 24.0 Å². The molecule has 7 heteroatoms. The molecule has 25 heavy (non-hydrogen) atoms. The molecule has 140 valence electrons. The van der Waals surface area contributed by atoms with Crippen LogP contribution in [-0.2, 0) is 11.3 Å². The molecule has 0 spiro atoms. The lowest BCUT2D eigenvalue weighted by Gasteiger charge is -2.19. The minimum absolute atomic E-state index is 0. The number of nitrogens with one attached hydrogen (secondary N) is 2. The maximum absolute atomic E-state index is 11.8. The standard InChI is InChI=1S/C18H28N4O2.HI/c1-4-17(23)22-10-9-15(13-22)21-18(19-3)20-12-14-7-6-8-16(11-14)24-5-2;/h6-8,11,15H,4-5,9-10,12-13H2,1-3H3,(H2,19,20,21);1H. The fraction of sp³-hybridized carbons (Fsp3) is 0.556. The largest absolute Gasteiger partial charge is 0.494 e. The van der Waals surface area contributed by atoms with E-state index < -0.39 is 0 Å². The van der Waals surface area contributed by atoms with E-state index in [2.05, 4.69) is 21.7 Å². The van der Waals surface area contributed by atoms with Gasteiger partial charge in [0, 0.05) is 39.1 Å². The van der Waals surface area contributed by atoms with Crippen molar-refractivity contribution in [2.45, 2.75) is 39.3 Å². The van der Waals surface area contributed by atoms with Crippen LogP contribution in [0.4, 0.5) is 0 Å². The van der Waals surface area contributed by atoms with E-state index in [0.29, 0.717) is 19.6 Å². The molecule has 1 heterocycles. The second-order valence-electron chi connectivity index (χ2n) is 5.83. The molecule has 0 bridgehead atoms. The summed E-state index contributed by atoms with van der Waals surface area (Å²) in [4.78, 5) is 17.9. The van der Waals surface area contributed by atoms with Crippen LogP contribution in [0.25, 0.3) is 0 Å². The van der Waals surface area contributed by atoms with E-state index in [1.165, 1.54) is 0 Å². The van der Waals surface area contributed by atoms with Gasteiger partial charge in [-0.1, -0.05) is 19.1 Å². The van der Waals surface area contributed by atoms with E-state index in [0.717, 1.165) is 36.8 Å². The molecule has 1 saturated heterocycles. The number of ether oxygens (including phenoxy) is 1. The highest BCUT2D eigenvalue weighted by atomic mass is 127. The van der Waals surface area contributed by atoms with Crippen LogP contribution in [0.1, 0.15) is 32.3 Å². The quantitative estimate of drug-likeness (QED) is 0.389. The number of carbonyl (C=O) groups is 1. The maximum atomic E-state index is 11.8. The summed E-state index contributed by atoms with van der Waals surface area (Å²) >= 11 is 0. The molecule has 2 rings (SSSR count). The van der Waals surface area contributed by atoms with Gasteiger partial charge in [0.1, 0.15) is 5.75 Å². The minimum Gasteiger partial charge on any atom is -0.494 e. The van der Waals surface area contributed by atoms with Crippen LogP contribution in [0.2, 0.25) is 0 Å². The Hall–Kier alpha value is -1.51. The fourth-order valence-electron chi connectivity index (χ4n) is 2.81. The zero-order valence-electron chi connectivity index (χ0n) is 15.2. The first-order valence-corrected chi connectivity index (χ1v) is 8.63. The van der Waals surface area contributed by atoms with Crippen molar-refractivity contribution in [1.29, 1.82) is 0 Å². The Morgan fingerprint density at radius 3 is 2.88 bits per heavy atom. The second-order valence-corrected chi connectivity index (χ2v) is 5.83. The number of hydrogen-bond donors (Lipinski definition) is 2. The number of aliphatic imine (C=N–C) groups is 1. The van der Waals surface area contributed by atoms with Crippen molar-refractivity contribution >= 4 is 35.8 Å². The highest BCUT2D eigenvalue weighted by Crippen LogP contribution is 2.13. The highest BCUT2D eigenvalue weighted by molar-refractivity contribution is 14.0. The van der Waals surface area contributed by atoms with Gasteiger partial charge >= 0.3 is 0 Å². The molecular weight excluding hydrogens is 431 g/mol. The molecule has 6 nitrogen and oxygen atoms in total. The van der Waals surface area contributed by atoms with Gasteiger partial charge in [0.2, 0.25) is 5.91 Å². The van der Waals surface area contributed by atoms with Crippen LogP contribution >= 0.6 is 24.0 Å². The summed E-state index contributed by atoms with van der Waals surface area (Å²) in [5.41, 5.74) is 1.14. The van der Waals surface area contributed by atoms with E-state index in [1.807, 2.05) is 36.9 Å². The van der Waals surface area contributed by atoms with Crippen molar-refractivity contribution in [3.8, 4) is 5.75 Å². The molecule has 1 unspecified atom stereocenters. The summed E-state index contributed by atoms with van der Waals surface area (Å²) in [6.45, 7) is 6.77. The molecule has 1 amide bonds. The molecule has 0 radical (unpaired) electrons. The fourth-order valence-corrected chi connectivity index (χ4v) is 2.81. The Kier molecular flexibility index (Phi) is 9.62. The molecule has 1 aromatic rings. The lowest BCUT2D eigenvalue weighted by molar-refractivity contribution is -0.129. The van der Waals surface area contributed by atoms with Crippen molar-refractivity contribution in [2.75, 3.05) is 26.7 Å². The molecule has 1 aromatic carbocycles. The lowest BCUT2D eigenvalue weighted by atomic mass is 10.2. The van der Waals surface area contributed by atoms with Gasteiger partial charge in [0.25, 0.3) is 0 Å². The Morgan fingerprint density at radius 2 is 2.20 bits per heavy atom. The van der Waals surface area contributed by atoms with E-state index in [-0.39, 0.29) is 35.9 Å². The molecule has 1 aliphatic rings. The maximum Gasteiger partial charge on any atom is 0.222 e. The van der Waals surface area contributed by atoms with Crippen LogP contribution in [0.15, 0.2) is 29.3 Å². The number of rotatable bonds is 6. The van der Waals surface area contributed by atoms with Crippen LogP contribution in [0.5, 0.6) is 5.75 Å². The first-order valence-electron chi connectivity index (χ1n) is 8.63. The summed E-state index contributed by atoms with van der Waals surface area (Å²) in [5.74, 6) is 1.85. The van der Waals surface area contributed by atoms with Gasteiger partial charge in [0.05, 0.1) is 6.61 Å². The Bertz CT molecular complexity index is 580. The van der Waals surface area contributed by atoms with Gasteiger partial charge in [-0.2, -0.15) is 0 Å². The zero-order valence-corrected chi connectivity index (χ0v) is 17.6. The summed E-state index contributed by atoms with van der Waals surface area (Å²) < 4.78 is 5.52. The normalized spacial score (nSPS) is 17.0. The molecule has 1 atom stereocenters. The zero-order chi connectivity index (χ0) is 17.4. The third kappa shape index (κ3) is 6.72. The number of likely N-dealkylation sites (tertiary alicyclic amines) is 1. The van der Waals surface area contributed by atoms with Gasteiger partial charge in [0.15, 0.2) is 5.96 Å². The van der Waals surface area contributed by atoms with Crippen molar-refractivity contribution < 1.29 is 9.53 Å². The van der Waals surface area contributed by atoms with E-state index >= 15 is 0 Å². The Labute approximate surface area is 167 Å². The average molecular weight is 460 g/mol. The van der Waals surface area contributed by atoms with Crippen molar-refractivity contribution in [1.82, 2.24) is 15.5 Å². The van der Waals surface area contributed by atoms with E-state index in [9.17, 15) is 4.79 Å². The van der Waals surface area contributed by atoms with Crippen LogP contribution in [0.3, 0.4) is 0 Å². The molecule has 2 N–H and O–H groups in total. The molecule has 0 saturated carbocycles. The number of nitrogens with zero attached hydrogens (tertiary/aromatic N) is 2. The molecule has 1 fully saturated rings. The molecule has 0 aliphatic carbocycles.